The van der Waals surface area contributed by atoms with E-state index in [2.05, 4.69) is 10.4 Å². The third kappa shape index (κ3) is 4.17. The number of halogens is 3. The molecule has 0 unspecified atom stereocenters. The molecule has 1 aromatic heterocycles. The van der Waals surface area contributed by atoms with Gasteiger partial charge in [0.15, 0.2) is 5.82 Å². The topological polar surface area (TPSA) is 46.9 Å². The normalized spacial score (nSPS) is 10.9. The Balaban J connectivity index is 1.76. The second-order valence-electron chi connectivity index (χ2n) is 6.19. The van der Waals surface area contributed by atoms with Gasteiger partial charge in [-0.15, -0.1) is 0 Å². The van der Waals surface area contributed by atoms with Crippen LogP contribution >= 0.6 is 11.6 Å². The van der Waals surface area contributed by atoms with E-state index in [9.17, 15) is 13.6 Å². The zero-order valence-corrected chi connectivity index (χ0v) is 15.6. The molecule has 0 spiro atoms. The molecule has 0 bridgehead atoms. The molecule has 0 saturated carbocycles. The number of aryl methyl sites for hydroxylation is 1. The number of carbonyl (C=O) groups excluding carboxylic acids is 1. The van der Waals surface area contributed by atoms with Crippen LogP contribution < -0.4 is 5.32 Å². The van der Waals surface area contributed by atoms with Crippen molar-refractivity contribution in [2.75, 3.05) is 6.54 Å². The SMILES string of the molecule is Cc1nn(-c2ccc(F)cc2F)c(C)c1C(=O)NCCc1cccc(Cl)c1. The molecule has 3 rings (SSSR count). The van der Waals surface area contributed by atoms with Gasteiger partial charge in [0.2, 0.25) is 0 Å². The summed E-state index contributed by atoms with van der Waals surface area (Å²) < 4.78 is 28.5. The summed E-state index contributed by atoms with van der Waals surface area (Å²) in [7, 11) is 0. The van der Waals surface area contributed by atoms with Crippen molar-refractivity contribution in [3.63, 3.8) is 0 Å². The highest BCUT2D eigenvalue weighted by Crippen LogP contribution is 2.21. The molecule has 0 saturated heterocycles. The van der Waals surface area contributed by atoms with Gasteiger partial charge in [-0.2, -0.15) is 5.10 Å². The van der Waals surface area contributed by atoms with Gasteiger partial charge in [-0.25, -0.2) is 13.5 Å². The van der Waals surface area contributed by atoms with E-state index in [1.807, 2.05) is 18.2 Å². The quantitative estimate of drug-likeness (QED) is 0.703. The van der Waals surface area contributed by atoms with E-state index in [1.165, 1.54) is 10.7 Å². The fourth-order valence-electron chi connectivity index (χ4n) is 2.96. The van der Waals surface area contributed by atoms with Crippen molar-refractivity contribution < 1.29 is 13.6 Å². The first kappa shape index (κ1) is 19.0. The maximum absolute atomic E-state index is 14.1. The van der Waals surface area contributed by atoms with Gasteiger partial charge >= 0.3 is 0 Å². The number of amides is 1. The van der Waals surface area contributed by atoms with Crippen LogP contribution in [0.15, 0.2) is 42.5 Å². The zero-order valence-electron chi connectivity index (χ0n) is 14.9. The summed E-state index contributed by atoms with van der Waals surface area (Å²) in [6.07, 6.45) is 0.630. The lowest BCUT2D eigenvalue weighted by Gasteiger charge is -2.08. The minimum Gasteiger partial charge on any atom is -0.352 e. The van der Waals surface area contributed by atoms with Crippen LogP contribution in [0.5, 0.6) is 0 Å². The molecule has 27 heavy (non-hydrogen) atoms. The van der Waals surface area contributed by atoms with Gasteiger partial charge in [0, 0.05) is 17.6 Å². The maximum Gasteiger partial charge on any atom is 0.255 e. The van der Waals surface area contributed by atoms with Gasteiger partial charge in [0.25, 0.3) is 5.91 Å². The van der Waals surface area contributed by atoms with Crippen LogP contribution in [-0.4, -0.2) is 22.2 Å². The van der Waals surface area contributed by atoms with Crippen LogP contribution in [0.4, 0.5) is 8.78 Å². The van der Waals surface area contributed by atoms with Crippen molar-refractivity contribution in [1.29, 1.82) is 0 Å². The molecule has 0 fully saturated rings. The predicted octanol–water partition coefficient (Wildman–Crippen LogP) is 4.39. The zero-order chi connectivity index (χ0) is 19.6. The first-order valence-corrected chi connectivity index (χ1v) is 8.79. The number of benzene rings is 2. The number of hydrogen-bond acceptors (Lipinski definition) is 2. The first-order chi connectivity index (χ1) is 12.9. The molecular weight excluding hydrogens is 372 g/mol. The summed E-state index contributed by atoms with van der Waals surface area (Å²) in [5.41, 5.74) is 2.44. The summed E-state index contributed by atoms with van der Waals surface area (Å²) in [5, 5.41) is 7.74. The standard InChI is InChI=1S/C20H18ClF2N3O/c1-12-19(20(27)24-9-8-14-4-3-5-15(21)10-14)13(2)26(25-12)18-7-6-16(22)11-17(18)23/h3-7,10-11H,8-9H2,1-2H3,(H,24,27). The lowest BCUT2D eigenvalue weighted by atomic mass is 10.1. The van der Waals surface area contributed by atoms with E-state index >= 15 is 0 Å². The minimum atomic E-state index is -0.742. The molecule has 1 amide bonds. The molecule has 0 aliphatic heterocycles. The lowest BCUT2D eigenvalue weighted by molar-refractivity contribution is 0.0953. The molecular formula is C20H18ClF2N3O. The van der Waals surface area contributed by atoms with E-state index < -0.39 is 11.6 Å². The fraction of sp³-hybridized carbons (Fsp3) is 0.200. The average molecular weight is 390 g/mol. The van der Waals surface area contributed by atoms with Crippen LogP contribution in [0.3, 0.4) is 0 Å². The Kier molecular flexibility index (Phi) is 5.56. The number of carbonyl (C=O) groups is 1. The molecule has 1 N–H and O–H groups in total. The second kappa shape index (κ2) is 7.88. The van der Waals surface area contributed by atoms with E-state index in [0.29, 0.717) is 34.9 Å². The number of hydrogen-bond donors (Lipinski definition) is 1. The van der Waals surface area contributed by atoms with Crippen molar-refractivity contribution >= 4 is 17.5 Å². The Morgan fingerprint density at radius 2 is 1.96 bits per heavy atom. The van der Waals surface area contributed by atoms with E-state index in [-0.39, 0.29) is 11.6 Å². The van der Waals surface area contributed by atoms with Crippen molar-refractivity contribution in [1.82, 2.24) is 15.1 Å². The number of nitrogens with zero attached hydrogens (tertiary/aromatic N) is 2. The van der Waals surface area contributed by atoms with Crippen LogP contribution in [0.1, 0.15) is 27.3 Å². The van der Waals surface area contributed by atoms with Crippen molar-refractivity contribution in [2.45, 2.75) is 20.3 Å². The Labute approximate surface area is 160 Å². The van der Waals surface area contributed by atoms with Crippen LogP contribution in [0.25, 0.3) is 5.69 Å². The molecule has 2 aromatic carbocycles. The van der Waals surface area contributed by atoms with Crippen LogP contribution in [0.2, 0.25) is 5.02 Å². The van der Waals surface area contributed by atoms with Crippen molar-refractivity contribution in [3.05, 3.63) is 81.6 Å². The van der Waals surface area contributed by atoms with Gasteiger partial charge in [0.1, 0.15) is 11.5 Å². The Morgan fingerprint density at radius 3 is 2.67 bits per heavy atom. The first-order valence-electron chi connectivity index (χ1n) is 8.41. The van der Waals surface area contributed by atoms with E-state index in [1.54, 1.807) is 19.9 Å². The van der Waals surface area contributed by atoms with Crippen LogP contribution in [-0.2, 0) is 6.42 Å². The smallest absolute Gasteiger partial charge is 0.255 e. The van der Waals surface area contributed by atoms with Crippen molar-refractivity contribution in [3.8, 4) is 5.69 Å². The largest absolute Gasteiger partial charge is 0.352 e. The van der Waals surface area contributed by atoms with Gasteiger partial charge in [-0.3, -0.25) is 4.79 Å². The molecule has 0 aliphatic rings. The van der Waals surface area contributed by atoms with E-state index in [4.69, 9.17) is 11.6 Å². The highest BCUT2D eigenvalue weighted by Gasteiger charge is 2.20. The predicted molar refractivity (Wildman–Crippen MR) is 100 cm³/mol. The summed E-state index contributed by atoms with van der Waals surface area (Å²) in [4.78, 5) is 12.6. The van der Waals surface area contributed by atoms with Crippen molar-refractivity contribution in [2.24, 2.45) is 0 Å². The Hall–Kier alpha value is -2.73. The average Bonchev–Trinajstić information content (AvgIpc) is 2.89. The minimum absolute atomic E-state index is 0.0926. The highest BCUT2D eigenvalue weighted by atomic mass is 35.5. The third-order valence-electron chi connectivity index (χ3n) is 4.24. The summed E-state index contributed by atoms with van der Waals surface area (Å²) >= 11 is 5.95. The molecule has 0 atom stereocenters. The second-order valence-corrected chi connectivity index (χ2v) is 6.63. The number of aromatic nitrogens is 2. The Morgan fingerprint density at radius 1 is 1.19 bits per heavy atom. The molecule has 140 valence electrons. The molecule has 4 nitrogen and oxygen atoms in total. The fourth-order valence-corrected chi connectivity index (χ4v) is 3.17. The summed E-state index contributed by atoms with van der Waals surface area (Å²) in [6.45, 7) is 3.78. The molecule has 0 radical (unpaired) electrons. The Bertz CT molecular complexity index is 1000. The van der Waals surface area contributed by atoms with E-state index in [0.717, 1.165) is 17.7 Å². The highest BCUT2D eigenvalue weighted by molar-refractivity contribution is 6.30. The van der Waals surface area contributed by atoms with Gasteiger partial charge in [-0.1, -0.05) is 23.7 Å². The molecule has 0 aliphatic carbocycles. The molecule has 3 aromatic rings. The molecule has 7 heteroatoms. The van der Waals surface area contributed by atoms with Gasteiger partial charge < -0.3 is 5.32 Å². The van der Waals surface area contributed by atoms with Crippen LogP contribution in [0, 0.1) is 25.5 Å². The number of rotatable bonds is 5. The molecule has 1 heterocycles. The van der Waals surface area contributed by atoms with Gasteiger partial charge in [0.05, 0.1) is 17.0 Å². The third-order valence-corrected chi connectivity index (χ3v) is 4.48. The summed E-state index contributed by atoms with van der Waals surface area (Å²) in [5.74, 6) is -1.70. The lowest BCUT2D eigenvalue weighted by Crippen LogP contribution is -2.26. The monoisotopic (exact) mass is 389 g/mol. The summed E-state index contributed by atoms with van der Waals surface area (Å²) in [6, 6.07) is 10.7. The maximum atomic E-state index is 14.1. The van der Waals surface area contributed by atoms with Gasteiger partial charge in [-0.05, 0) is 50.1 Å². The number of nitrogens with one attached hydrogen (secondary N) is 1.